The summed E-state index contributed by atoms with van der Waals surface area (Å²) in [6, 6.07) is 0. The Bertz CT molecular complexity index is 437. The van der Waals surface area contributed by atoms with Crippen molar-refractivity contribution in [1.82, 2.24) is 9.55 Å². The van der Waals surface area contributed by atoms with E-state index in [4.69, 9.17) is 0 Å². The molecule has 0 fully saturated rings. The van der Waals surface area contributed by atoms with Crippen LogP contribution in [0.2, 0.25) is 0 Å². The van der Waals surface area contributed by atoms with Crippen LogP contribution in [0.5, 0.6) is 0 Å². The molecular weight excluding hydrogens is 282 g/mol. The molecule has 1 heterocycles. The Labute approximate surface area is 101 Å². The lowest BCUT2D eigenvalue weighted by Gasteiger charge is -2.19. The van der Waals surface area contributed by atoms with E-state index in [0.717, 1.165) is 4.57 Å². The van der Waals surface area contributed by atoms with E-state index in [1.165, 1.54) is 6.33 Å². The molecule has 1 aromatic heterocycles. The predicted octanol–water partition coefficient (Wildman–Crippen LogP) is 2.57. The average Bonchev–Trinajstić information content (AvgIpc) is 2.10. The normalized spacial score (nSPS) is 12.2. The van der Waals surface area contributed by atoms with Crippen LogP contribution < -0.4 is 5.56 Å². The van der Waals surface area contributed by atoms with Crippen LogP contribution in [0.3, 0.4) is 0 Å². The number of alkyl halides is 2. The first-order chi connectivity index (χ1) is 7.23. The number of hydrogen-bond acceptors (Lipinski definition) is 2. The van der Waals surface area contributed by atoms with Gasteiger partial charge in [0.1, 0.15) is 4.47 Å². The van der Waals surface area contributed by atoms with Gasteiger partial charge >= 0.3 is 0 Å². The third kappa shape index (κ3) is 2.87. The zero-order chi connectivity index (χ0) is 12.5. The summed E-state index contributed by atoms with van der Waals surface area (Å²) >= 11 is 3.12. The van der Waals surface area contributed by atoms with Crippen LogP contribution in [0.1, 0.15) is 26.5 Å². The summed E-state index contributed by atoms with van der Waals surface area (Å²) in [4.78, 5) is 15.8. The van der Waals surface area contributed by atoms with Crippen LogP contribution in [-0.4, -0.2) is 16.0 Å². The molecule has 1 aromatic rings. The van der Waals surface area contributed by atoms with Crippen LogP contribution >= 0.6 is 15.9 Å². The highest BCUT2D eigenvalue weighted by Crippen LogP contribution is 2.24. The number of halogens is 3. The Balaban J connectivity index is 3.24. The summed E-state index contributed by atoms with van der Waals surface area (Å²) in [5.74, 6) is 0. The summed E-state index contributed by atoms with van der Waals surface area (Å²) in [7, 11) is 0. The second-order valence-corrected chi connectivity index (χ2v) is 5.30. The van der Waals surface area contributed by atoms with Crippen LogP contribution in [0.25, 0.3) is 0 Å². The minimum atomic E-state index is -2.56. The quantitative estimate of drug-likeness (QED) is 0.840. The van der Waals surface area contributed by atoms with Crippen molar-refractivity contribution >= 4 is 15.9 Å². The topological polar surface area (TPSA) is 34.9 Å². The van der Waals surface area contributed by atoms with Gasteiger partial charge in [-0.25, -0.2) is 13.8 Å². The molecule has 3 nitrogen and oxygen atoms in total. The molecule has 0 N–H and O–H groups in total. The molecule has 0 aliphatic rings. The lowest BCUT2D eigenvalue weighted by atomic mass is 9.92. The first-order valence-corrected chi connectivity index (χ1v) is 5.56. The van der Waals surface area contributed by atoms with E-state index in [0.29, 0.717) is 5.69 Å². The zero-order valence-electron chi connectivity index (χ0n) is 9.30. The van der Waals surface area contributed by atoms with Crippen LogP contribution in [-0.2, 0) is 12.0 Å². The Morgan fingerprint density at radius 3 is 2.50 bits per heavy atom. The summed E-state index contributed by atoms with van der Waals surface area (Å²) in [6.07, 6.45) is -1.40. The maximum atomic E-state index is 12.2. The molecule has 16 heavy (non-hydrogen) atoms. The predicted molar refractivity (Wildman–Crippen MR) is 60.9 cm³/mol. The number of rotatable bonds is 2. The molecule has 0 atom stereocenters. The molecule has 1 rings (SSSR count). The van der Waals surface area contributed by atoms with Gasteiger partial charge in [0.25, 0.3) is 12.0 Å². The molecule has 6 heteroatoms. The second kappa shape index (κ2) is 4.61. The minimum absolute atomic E-state index is 0.253. The maximum Gasteiger partial charge on any atom is 0.268 e. The van der Waals surface area contributed by atoms with E-state index in [1.54, 1.807) is 0 Å². The van der Waals surface area contributed by atoms with Gasteiger partial charge in [0, 0.05) is 5.41 Å². The molecule has 0 spiro atoms. The van der Waals surface area contributed by atoms with Crippen molar-refractivity contribution in [3.63, 3.8) is 0 Å². The van der Waals surface area contributed by atoms with Crippen molar-refractivity contribution in [2.75, 3.05) is 0 Å². The van der Waals surface area contributed by atoms with Gasteiger partial charge in [-0.1, -0.05) is 20.8 Å². The molecule has 0 saturated carbocycles. The third-order valence-electron chi connectivity index (χ3n) is 2.03. The van der Waals surface area contributed by atoms with Gasteiger partial charge in [0.15, 0.2) is 0 Å². The first kappa shape index (κ1) is 13.3. The molecule has 0 radical (unpaired) electrons. The van der Waals surface area contributed by atoms with Crippen molar-refractivity contribution < 1.29 is 8.78 Å². The molecule has 0 aliphatic carbocycles. The minimum Gasteiger partial charge on any atom is -0.293 e. The van der Waals surface area contributed by atoms with E-state index in [9.17, 15) is 13.6 Å². The van der Waals surface area contributed by atoms with E-state index in [2.05, 4.69) is 20.9 Å². The Kier molecular flexibility index (Phi) is 3.83. The monoisotopic (exact) mass is 294 g/mol. The Morgan fingerprint density at radius 2 is 2.06 bits per heavy atom. The van der Waals surface area contributed by atoms with Gasteiger partial charge in [-0.15, -0.1) is 0 Å². The largest absolute Gasteiger partial charge is 0.293 e. The number of aromatic nitrogens is 2. The van der Waals surface area contributed by atoms with Gasteiger partial charge in [-0.3, -0.25) is 9.36 Å². The smallest absolute Gasteiger partial charge is 0.268 e. The highest BCUT2D eigenvalue weighted by Gasteiger charge is 2.22. The van der Waals surface area contributed by atoms with Gasteiger partial charge in [-0.05, 0) is 15.9 Å². The summed E-state index contributed by atoms with van der Waals surface area (Å²) in [6.45, 7) is 5.07. The van der Waals surface area contributed by atoms with Crippen LogP contribution in [0, 0.1) is 0 Å². The van der Waals surface area contributed by atoms with Crippen molar-refractivity contribution in [3.8, 4) is 0 Å². The van der Waals surface area contributed by atoms with Gasteiger partial charge < -0.3 is 0 Å². The standard InChI is InChI=1S/C10H13BrF2N2O/c1-10(2,3)8-7(11)9(16)15(5-14-8)4-6(12)13/h5-6H,4H2,1-3H3. The number of hydrogen-bond donors (Lipinski definition) is 0. The van der Waals surface area contributed by atoms with E-state index in [-0.39, 0.29) is 9.89 Å². The van der Waals surface area contributed by atoms with Gasteiger partial charge in [0.2, 0.25) is 0 Å². The highest BCUT2D eigenvalue weighted by atomic mass is 79.9. The molecule has 0 saturated heterocycles. The molecule has 90 valence electrons. The molecular formula is C10H13BrF2N2O. The molecule has 0 unspecified atom stereocenters. The Morgan fingerprint density at radius 1 is 1.50 bits per heavy atom. The third-order valence-corrected chi connectivity index (χ3v) is 2.74. The van der Waals surface area contributed by atoms with E-state index in [1.807, 2.05) is 20.8 Å². The fourth-order valence-corrected chi connectivity index (χ4v) is 2.19. The summed E-state index contributed by atoms with van der Waals surface area (Å²) < 4.78 is 25.5. The van der Waals surface area contributed by atoms with Crippen molar-refractivity contribution in [1.29, 1.82) is 0 Å². The highest BCUT2D eigenvalue weighted by molar-refractivity contribution is 9.10. The SMILES string of the molecule is CC(C)(C)c1ncn(CC(F)F)c(=O)c1Br. The Hall–Kier alpha value is -0.780. The van der Waals surface area contributed by atoms with Crippen molar-refractivity contribution in [3.05, 3.63) is 26.8 Å². The first-order valence-electron chi connectivity index (χ1n) is 4.77. The van der Waals surface area contributed by atoms with E-state index >= 15 is 0 Å². The summed E-state index contributed by atoms with van der Waals surface area (Å²) in [5.41, 5.74) is -0.203. The van der Waals surface area contributed by atoms with Crippen molar-refractivity contribution in [2.45, 2.75) is 39.2 Å². The zero-order valence-corrected chi connectivity index (χ0v) is 10.9. The lowest BCUT2D eigenvalue weighted by molar-refractivity contribution is 0.124. The fourth-order valence-electron chi connectivity index (χ4n) is 1.27. The molecule has 0 aromatic carbocycles. The van der Waals surface area contributed by atoms with E-state index < -0.39 is 18.5 Å². The summed E-state index contributed by atoms with van der Waals surface area (Å²) in [5, 5.41) is 0. The van der Waals surface area contributed by atoms with Crippen LogP contribution in [0.15, 0.2) is 15.6 Å². The molecule has 0 amide bonds. The maximum absolute atomic E-state index is 12.2. The molecule has 0 bridgehead atoms. The molecule has 0 aliphatic heterocycles. The average molecular weight is 295 g/mol. The van der Waals surface area contributed by atoms with Gasteiger partial charge in [0.05, 0.1) is 18.6 Å². The fraction of sp³-hybridized carbons (Fsp3) is 0.600. The number of nitrogens with zero attached hydrogens (tertiary/aromatic N) is 2. The van der Waals surface area contributed by atoms with Crippen molar-refractivity contribution in [2.24, 2.45) is 0 Å². The van der Waals surface area contributed by atoms with Crippen LogP contribution in [0.4, 0.5) is 8.78 Å². The second-order valence-electron chi connectivity index (χ2n) is 4.51. The lowest BCUT2D eigenvalue weighted by Crippen LogP contribution is -2.28. The van der Waals surface area contributed by atoms with Gasteiger partial charge in [-0.2, -0.15) is 0 Å².